The van der Waals surface area contributed by atoms with Crippen LogP contribution in [0.1, 0.15) is 31.2 Å². The largest absolute Gasteiger partial charge is 0.441 e. The average Bonchev–Trinajstić information content (AvgIpc) is 3.28. The van der Waals surface area contributed by atoms with Crippen LogP contribution in [0.15, 0.2) is 35.0 Å². The average molecular weight is 341 g/mol. The van der Waals surface area contributed by atoms with Crippen molar-refractivity contribution in [2.45, 2.75) is 32.4 Å². The first-order valence-electron chi connectivity index (χ1n) is 8.89. The predicted octanol–water partition coefficient (Wildman–Crippen LogP) is 2.45. The molecule has 1 unspecified atom stereocenters. The summed E-state index contributed by atoms with van der Waals surface area (Å²) in [5, 5.41) is 8.24. The molecule has 132 valence electrons. The van der Waals surface area contributed by atoms with E-state index >= 15 is 0 Å². The Hall–Kier alpha value is -2.25. The first kappa shape index (κ1) is 16.2. The highest BCUT2D eigenvalue weighted by Crippen LogP contribution is 2.21. The van der Waals surface area contributed by atoms with Crippen molar-refractivity contribution in [1.29, 1.82) is 0 Å². The van der Waals surface area contributed by atoms with Crippen LogP contribution < -0.4 is 0 Å². The van der Waals surface area contributed by atoms with E-state index in [1.54, 1.807) is 6.33 Å². The van der Waals surface area contributed by atoms with Crippen LogP contribution in [0.3, 0.4) is 0 Å². The Morgan fingerprint density at radius 1 is 1.28 bits per heavy atom. The number of rotatable bonds is 6. The molecular formula is C18H23N5O2. The molecule has 0 spiro atoms. The Morgan fingerprint density at radius 2 is 2.20 bits per heavy atom. The van der Waals surface area contributed by atoms with Crippen LogP contribution in [0.5, 0.6) is 0 Å². The van der Waals surface area contributed by atoms with Gasteiger partial charge in [0.05, 0.1) is 6.61 Å². The zero-order chi connectivity index (χ0) is 17.1. The standard InChI is InChI=1S/C18H23N5O2/c1-2-23-13-19-21-18(23)16-12-22(10-11-24-16)9-5-8-17-20-14-6-3-4-7-15(14)25-17/h3-4,6-7,13,16H,2,5,8-12H2,1H3. The van der Waals surface area contributed by atoms with Crippen molar-refractivity contribution in [1.82, 2.24) is 24.6 Å². The Bertz CT molecular complexity index is 795. The van der Waals surface area contributed by atoms with Gasteiger partial charge in [0.1, 0.15) is 17.9 Å². The lowest BCUT2D eigenvalue weighted by molar-refractivity contribution is -0.0362. The maximum atomic E-state index is 5.90. The van der Waals surface area contributed by atoms with Crippen LogP contribution in [0.2, 0.25) is 0 Å². The van der Waals surface area contributed by atoms with Crippen LogP contribution in [0.25, 0.3) is 11.1 Å². The number of hydrogen-bond donors (Lipinski definition) is 0. The van der Waals surface area contributed by atoms with E-state index in [0.717, 1.165) is 68.4 Å². The third-order valence-corrected chi connectivity index (χ3v) is 4.63. The number of oxazole rings is 1. The van der Waals surface area contributed by atoms with E-state index in [2.05, 4.69) is 27.0 Å². The molecule has 7 heteroatoms. The molecule has 3 aromatic rings. The highest BCUT2D eigenvalue weighted by atomic mass is 16.5. The van der Waals surface area contributed by atoms with E-state index < -0.39 is 0 Å². The summed E-state index contributed by atoms with van der Waals surface area (Å²) < 4.78 is 13.7. The molecule has 1 aliphatic heterocycles. The summed E-state index contributed by atoms with van der Waals surface area (Å²) in [5.74, 6) is 1.74. The summed E-state index contributed by atoms with van der Waals surface area (Å²) in [5.41, 5.74) is 1.80. The Kier molecular flexibility index (Phi) is 4.76. The number of aromatic nitrogens is 4. The van der Waals surface area contributed by atoms with E-state index in [-0.39, 0.29) is 6.10 Å². The molecule has 3 heterocycles. The summed E-state index contributed by atoms with van der Waals surface area (Å²) in [6, 6.07) is 7.90. The SMILES string of the molecule is CCn1cnnc1C1CN(CCCc2nc3ccccc3o2)CCO1. The second kappa shape index (κ2) is 7.33. The van der Waals surface area contributed by atoms with E-state index in [4.69, 9.17) is 9.15 Å². The number of aryl methyl sites for hydroxylation is 2. The third kappa shape index (κ3) is 3.57. The summed E-state index contributed by atoms with van der Waals surface area (Å²) in [6.07, 6.45) is 3.63. The van der Waals surface area contributed by atoms with E-state index in [9.17, 15) is 0 Å². The molecule has 0 amide bonds. The van der Waals surface area contributed by atoms with E-state index in [0.29, 0.717) is 0 Å². The van der Waals surface area contributed by atoms with Gasteiger partial charge in [-0.15, -0.1) is 10.2 Å². The highest BCUT2D eigenvalue weighted by molar-refractivity contribution is 5.72. The molecule has 4 rings (SSSR count). The minimum Gasteiger partial charge on any atom is -0.441 e. The van der Waals surface area contributed by atoms with Gasteiger partial charge in [-0.25, -0.2) is 4.98 Å². The van der Waals surface area contributed by atoms with Gasteiger partial charge in [-0.3, -0.25) is 4.90 Å². The number of fused-ring (bicyclic) bond motifs is 1. The fourth-order valence-electron chi connectivity index (χ4n) is 3.30. The minimum atomic E-state index is 0.000487. The molecule has 0 radical (unpaired) electrons. The highest BCUT2D eigenvalue weighted by Gasteiger charge is 2.25. The zero-order valence-electron chi connectivity index (χ0n) is 14.5. The Morgan fingerprint density at radius 3 is 3.08 bits per heavy atom. The van der Waals surface area contributed by atoms with Crippen LogP contribution >= 0.6 is 0 Å². The lowest BCUT2D eigenvalue weighted by atomic mass is 10.2. The van der Waals surface area contributed by atoms with Gasteiger partial charge in [-0.05, 0) is 32.0 Å². The van der Waals surface area contributed by atoms with Crippen LogP contribution in [-0.2, 0) is 17.7 Å². The van der Waals surface area contributed by atoms with Crippen molar-refractivity contribution in [3.63, 3.8) is 0 Å². The number of hydrogen-bond acceptors (Lipinski definition) is 6. The topological polar surface area (TPSA) is 69.2 Å². The lowest BCUT2D eigenvalue weighted by Crippen LogP contribution is -2.39. The van der Waals surface area contributed by atoms with Gasteiger partial charge in [0.25, 0.3) is 0 Å². The Labute approximate surface area is 146 Å². The summed E-state index contributed by atoms with van der Waals surface area (Å²) in [4.78, 5) is 6.96. The molecule has 0 aliphatic carbocycles. The minimum absolute atomic E-state index is 0.000487. The number of para-hydroxylation sites is 2. The maximum Gasteiger partial charge on any atom is 0.195 e. The number of nitrogens with zero attached hydrogens (tertiary/aromatic N) is 5. The predicted molar refractivity (Wildman–Crippen MR) is 93.2 cm³/mol. The van der Waals surface area contributed by atoms with Gasteiger partial charge in [-0.2, -0.15) is 0 Å². The number of ether oxygens (including phenoxy) is 1. The van der Waals surface area contributed by atoms with Gasteiger partial charge in [0, 0.05) is 26.1 Å². The molecule has 1 fully saturated rings. The first-order chi connectivity index (χ1) is 12.3. The normalized spacial score (nSPS) is 18.8. The summed E-state index contributed by atoms with van der Waals surface area (Å²) in [7, 11) is 0. The van der Waals surface area contributed by atoms with Crippen LogP contribution in [-0.4, -0.2) is 50.9 Å². The quantitative estimate of drug-likeness (QED) is 0.686. The van der Waals surface area contributed by atoms with E-state index in [1.165, 1.54) is 0 Å². The first-order valence-corrected chi connectivity index (χ1v) is 8.89. The molecule has 1 saturated heterocycles. The fraction of sp³-hybridized carbons (Fsp3) is 0.500. The van der Waals surface area contributed by atoms with Gasteiger partial charge >= 0.3 is 0 Å². The molecule has 7 nitrogen and oxygen atoms in total. The van der Waals surface area contributed by atoms with Gasteiger partial charge in [0.15, 0.2) is 17.3 Å². The smallest absolute Gasteiger partial charge is 0.195 e. The van der Waals surface area contributed by atoms with Gasteiger partial charge in [0.2, 0.25) is 0 Å². The van der Waals surface area contributed by atoms with Gasteiger partial charge < -0.3 is 13.7 Å². The molecule has 1 atom stereocenters. The molecule has 0 N–H and O–H groups in total. The second-order valence-corrected chi connectivity index (χ2v) is 6.31. The molecule has 1 aliphatic rings. The van der Waals surface area contributed by atoms with Crippen molar-refractivity contribution < 1.29 is 9.15 Å². The number of morpholine rings is 1. The zero-order valence-corrected chi connectivity index (χ0v) is 14.5. The molecule has 0 saturated carbocycles. The maximum absolute atomic E-state index is 5.90. The van der Waals surface area contributed by atoms with Gasteiger partial charge in [-0.1, -0.05) is 12.1 Å². The lowest BCUT2D eigenvalue weighted by Gasteiger charge is -2.32. The van der Waals surface area contributed by atoms with Crippen LogP contribution in [0.4, 0.5) is 0 Å². The van der Waals surface area contributed by atoms with Crippen molar-refractivity contribution in [2.75, 3.05) is 26.2 Å². The molecule has 25 heavy (non-hydrogen) atoms. The molecule has 0 bridgehead atoms. The third-order valence-electron chi connectivity index (χ3n) is 4.63. The number of benzene rings is 1. The molecule has 2 aromatic heterocycles. The fourth-order valence-corrected chi connectivity index (χ4v) is 3.30. The monoisotopic (exact) mass is 341 g/mol. The van der Waals surface area contributed by atoms with Crippen molar-refractivity contribution in [2.24, 2.45) is 0 Å². The summed E-state index contributed by atoms with van der Waals surface area (Å²) >= 11 is 0. The van der Waals surface area contributed by atoms with Crippen molar-refractivity contribution >= 4 is 11.1 Å². The molecule has 1 aromatic carbocycles. The molecular weight excluding hydrogens is 318 g/mol. The van der Waals surface area contributed by atoms with Crippen molar-refractivity contribution in [3.05, 3.63) is 42.3 Å². The Balaban J connectivity index is 1.32. The second-order valence-electron chi connectivity index (χ2n) is 6.31. The van der Waals surface area contributed by atoms with E-state index in [1.807, 2.05) is 28.8 Å². The summed E-state index contributed by atoms with van der Waals surface area (Å²) in [6.45, 7) is 6.48. The van der Waals surface area contributed by atoms with Crippen LogP contribution in [0, 0.1) is 0 Å². The van der Waals surface area contributed by atoms with Crippen molar-refractivity contribution in [3.8, 4) is 0 Å².